The van der Waals surface area contributed by atoms with Crippen molar-refractivity contribution in [3.05, 3.63) is 10.4 Å². The van der Waals surface area contributed by atoms with Crippen LogP contribution in [-0.2, 0) is 0 Å². The lowest BCUT2D eigenvalue weighted by Gasteiger charge is -2.29. The van der Waals surface area contributed by atoms with E-state index in [1.165, 1.54) is 19.3 Å². The fourth-order valence-electron chi connectivity index (χ4n) is 2.36. The lowest BCUT2D eigenvalue weighted by Crippen LogP contribution is -2.45. The van der Waals surface area contributed by atoms with Gasteiger partial charge in [-0.3, -0.25) is 5.32 Å². The highest BCUT2D eigenvalue weighted by molar-refractivity contribution is 5.07. The first-order chi connectivity index (χ1) is 8.33. The molecule has 0 aromatic carbocycles. The molecule has 0 unspecified atom stereocenters. The molecule has 0 bridgehead atoms. The van der Waals surface area contributed by atoms with Crippen LogP contribution in [0.2, 0.25) is 0 Å². The molecule has 0 saturated heterocycles. The van der Waals surface area contributed by atoms with E-state index >= 15 is 0 Å². The number of nitrogens with one attached hydrogen (secondary N) is 1. The molecule has 17 heavy (non-hydrogen) atoms. The Morgan fingerprint density at radius 2 is 1.88 bits per heavy atom. The Morgan fingerprint density at radius 3 is 2.47 bits per heavy atom. The van der Waals surface area contributed by atoms with Crippen LogP contribution in [0.5, 0.6) is 0 Å². The monoisotopic (exact) mass is 235 g/mol. The van der Waals surface area contributed by atoms with E-state index in [1.54, 1.807) is 0 Å². The molecule has 94 valence electrons. The van der Waals surface area contributed by atoms with Gasteiger partial charge < -0.3 is 0 Å². The van der Waals surface area contributed by atoms with Crippen LogP contribution in [0.1, 0.15) is 51.4 Å². The third kappa shape index (κ3) is 5.08. The van der Waals surface area contributed by atoms with Crippen molar-refractivity contribution in [2.24, 2.45) is 5.11 Å². The quantitative estimate of drug-likeness (QED) is 0.343. The average molecular weight is 235 g/mol. The number of azide groups is 1. The van der Waals surface area contributed by atoms with Crippen molar-refractivity contribution in [3.8, 4) is 6.07 Å². The summed E-state index contributed by atoms with van der Waals surface area (Å²) in [6, 6.07) is 2.46. The maximum Gasteiger partial charge on any atom is 0.106 e. The Balaban J connectivity index is 2.37. The van der Waals surface area contributed by atoms with Crippen LogP contribution in [-0.4, -0.2) is 18.6 Å². The highest BCUT2D eigenvalue weighted by atomic mass is 15.1. The van der Waals surface area contributed by atoms with Gasteiger partial charge in [-0.15, -0.1) is 0 Å². The Hall–Kier alpha value is -1.24. The van der Waals surface area contributed by atoms with Gasteiger partial charge >= 0.3 is 0 Å². The first-order valence-corrected chi connectivity index (χ1v) is 6.50. The highest BCUT2D eigenvalue weighted by Crippen LogP contribution is 2.25. The fraction of sp³-hybridized carbons (Fsp3) is 0.917. The van der Waals surface area contributed by atoms with Gasteiger partial charge in [-0.05, 0) is 31.3 Å². The number of hydrogen-bond donors (Lipinski definition) is 1. The molecule has 5 heteroatoms. The Labute approximate surface area is 103 Å². The minimum absolute atomic E-state index is 0.337. The van der Waals surface area contributed by atoms with Crippen LogP contribution in [0.4, 0.5) is 0 Å². The van der Waals surface area contributed by atoms with Crippen molar-refractivity contribution in [2.75, 3.05) is 13.1 Å². The maximum atomic E-state index is 9.37. The first kappa shape index (κ1) is 13.8. The van der Waals surface area contributed by atoms with Gasteiger partial charge in [-0.1, -0.05) is 37.2 Å². The highest BCUT2D eigenvalue weighted by Gasteiger charge is 2.28. The summed E-state index contributed by atoms with van der Waals surface area (Å²) in [6.07, 6.45) is 8.75. The molecule has 1 aliphatic rings. The zero-order chi connectivity index (χ0) is 12.4. The molecule has 0 spiro atoms. The van der Waals surface area contributed by atoms with Gasteiger partial charge in [-0.2, -0.15) is 5.26 Å². The summed E-state index contributed by atoms with van der Waals surface area (Å²) in [4.78, 5) is 2.72. The van der Waals surface area contributed by atoms with E-state index in [1.807, 2.05) is 0 Å². The van der Waals surface area contributed by atoms with Crippen molar-refractivity contribution >= 4 is 0 Å². The molecular formula is C12H21N5. The second-order valence-electron chi connectivity index (χ2n) is 4.70. The van der Waals surface area contributed by atoms with Gasteiger partial charge in [0.2, 0.25) is 0 Å². The lowest BCUT2D eigenvalue weighted by molar-refractivity contribution is 0.316. The molecule has 1 N–H and O–H groups in total. The second-order valence-corrected chi connectivity index (χ2v) is 4.70. The summed E-state index contributed by atoms with van der Waals surface area (Å²) < 4.78 is 0. The standard InChI is InChI=1S/C12H21N5/c13-11-12(15-9-6-10-16-17-14)7-4-2-1-3-5-8-12/h15H,1-10H2. The lowest BCUT2D eigenvalue weighted by atomic mass is 9.85. The predicted molar refractivity (Wildman–Crippen MR) is 67.3 cm³/mol. The minimum Gasteiger partial charge on any atom is -0.299 e. The molecule has 0 aromatic rings. The SMILES string of the molecule is N#CC1(NCCCN=[N+]=[N-])CCCCCCC1. The van der Waals surface area contributed by atoms with Crippen LogP contribution >= 0.6 is 0 Å². The van der Waals surface area contributed by atoms with E-state index in [0.29, 0.717) is 6.54 Å². The summed E-state index contributed by atoms with van der Waals surface area (Å²) in [5.41, 5.74) is 7.83. The van der Waals surface area contributed by atoms with Gasteiger partial charge in [0, 0.05) is 11.5 Å². The third-order valence-electron chi connectivity index (χ3n) is 3.38. The fourth-order valence-corrected chi connectivity index (χ4v) is 2.36. The Kier molecular flexibility index (Phi) is 6.46. The van der Waals surface area contributed by atoms with Crippen molar-refractivity contribution in [2.45, 2.75) is 56.9 Å². The van der Waals surface area contributed by atoms with E-state index < -0.39 is 0 Å². The van der Waals surface area contributed by atoms with Gasteiger partial charge in [0.25, 0.3) is 0 Å². The molecule has 0 amide bonds. The molecule has 1 fully saturated rings. The van der Waals surface area contributed by atoms with Gasteiger partial charge in [0.1, 0.15) is 5.54 Å². The molecule has 1 saturated carbocycles. The molecular weight excluding hydrogens is 214 g/mol. The smallest absolute Gasteiger partial charge is 0.106 e. The molecule has 0 aliphatic heterocycles. The molecule has 1 aliphatic carbocycles. The van der Waals surface area contributed by atoms with E-state index in [0.717, 1.165) is 38.6 Å². The molecule has 5 nitrogen and oxygen atoms in total. The third-order valence-corrected chi connectivity index (χ3v) is 3.38. The normalized spacial score (nSPS) is 19.5. The van der Waals surface area contributed by atoms with Crippen molar-refractivity contribution < 1.29 is 0 Å². The van der Waals surface area contributed by atoms with Crippen LogP contribution in [0.3, 0.4) is 0 Å². The van der Waals surface area contributed by atoms with Gasteiger partial charge in [0.05, 0.1) is 6.07 Å². The van der Waals surface area contributed by atoms with Crippen LogP contribution in [0.25, 0.3) is 10.4 Å². The number of nitrogens with zero attached hydrogens (tertiary/aromatic N) is 4. The van der Waals surface area contributed by atoms with Gasteiger partial charge in [-0.25, -0.2) is 0 Å². The summed E-state index contributed by atoms with van der Waals surface area (Å²) in [5.74, 6) is 0. The zero-order valence-corrected chi connectivity index (χ0v) is 10.4. The summed E-state index contributed by atoms with van der Waals surface area (Å²) in [7, 11) is 0. The van der Waals surface area contributed by atoms with E-state index in [-0.39, 0.29) is 5.54 Å². The van der Waals surface area contributed by atoms with Crippen LogP contribution in [0.15, 0.2) is 5.11 Å². The van der Waals surface area contributed by atoms with E-state index in [9.17, 15) is 5.26 Å². The number of hydrogen-bond acceptors (Lipinski definition) is 3. The summed E-state index contributed by atoms with van der Waals surface area (Å²) >= 11 is 0. The molecule has 0 aromatic heterocycles. The number of nitriles is 1. The molecule has 0 heterocycles. The number of rotatable bonds is 5. The predicted octanol–water partition coefficient (Wildman–Crippen LogP) is 3.28. The average Bonchev–Trinajstić information content (AvgIpc) is 2.32. The van der Waals surface area contributed by atoms with Crippen molar-refractivity contribution in [1.29, 1.82) is 5.26 Å². The summed E-state index contributed by atoms with van der Waals surface area (Å²) in [6.45, 7) is 1.26. The maximum absolute atomic E-state index is 9.37. The van der Waals surface area contributed by atoms with Crippen molar-refractivity contribution in [3.63, 3.8) is 0 Å². The zero-order valence-electron chi connectivity index (χ0n) is 10.4. The minimum atomic E-state index is -0.337. The Morgan fingerprint density at radius 1 is 1.24 bits per heavy atom. The van der Waals surface area contributed by atoms with Crippen LogP contribution < -0.4 is 5.32 Å². The Bertz CT molecular complexity index is 293. The van der Waals surface area contributed by atoms with E-state index in [4.69, 9.17) is 5.53 Å². The largest absolute Gasteiger partial charge is 0.299 e. The van der Waals surface area contributed by atoms with Crippen molar-refractivity contribution in [1.82, 2.24) is 5.32 Å². The molecule has 0 atom stereocenters. The molecule has 1 rings (SSSR count). The topological polar surface area (TPSA) is 84.6 Å². The summed E-state index contributed by atoms with van der Waals surface area (Å²) in [5, 5.41) is 16.2. The molecule has 0 radical (unpaired) electrons. The first-order valence-electron chi connectivity index (χ1n) is 6.50. The second kappa shape index (κ2) is 7.94. The van der Waals surface area contributed by atoms with Gasteiger partial charge in [0.15, 0.2) is 0 Å². The van der Waals surface area contributed by atoms with E-state index in [2.05, 4.69) is 21.4 Å². The van der Waals surface area contributed by atoms with Crippen LogP contribution in [0, 0.1) is 11.3 Å².